The number of fused-ring (bicyclic) bond motifs is 2. The van der Waals surface area contributed by atoms with Crippen molar-refractivity contribution in [3.63, 3.8) is 0 Å². The van der Waals surface area contributed by atoms with E-state index in [4.69, 9.17) is 9.47 Å². The number of esters is 1. The van der Waals surface area contributed by atoms with E-state index < -0.39 is 0 Å². The molecule has 0 amide bonds. The molecule has 4 rings (SSSR count). The quantitative estimate of drug-likeness (QED) is 0.703. The van der Waals surface area contributed by atoms with Crippen LogP contribution in [0.3, 0.4) is 0 Å². The smallest absolute Gasteiger partial charge is 0.340 e. The van der Waals surface area contributed by atoms with Gasteiger partial charge in [0.15, 0.2) is 0 Å². The number of hydrogen-bond acceptors (Lipinski definition) is 7. The summed E-state index contributed by atoms with van der Waals surface area (Å²) < 4.78 is 11.8. The molecule has 7 heteroatoms. The molecule has 1 aromatic heterocycles. The van der Waals surface area contributed by atoms with Gasteiger partial charge in [0, 0.05) is 43.8 Å². The van der Waals surface area contributed by atoms with Crippen LogP contribution in [0.1, 0.15) is 25.3 Å². The predicted molar refractivity (Wildman–Crippen MR) is 119 cm³/mol. The van der Waals surface area contributed by atoms with Crippen molar-refractivity contribution < 1.29 is 14.3 Å². The van der Waals surface area contributed by atoms with Crippen LogP contribution < -0.4 is 5.32 Å². The molecule has 0 saturated carbocycles. The molecule has 0 spiro atoms. The first kappa shape index (κ1) is 21.6. The molecule has 0 bridgehead atoms. The van der Waals surface area contributed by atoms with Gasteiger partial charge in [-0.3, -0.25) is 9.88 Å². The van der Waals surface area contributed by atoms with Gasteiger partial charge < -0.3 is 19.7 Å². The minimum Gasteiger partial charge on any atom is -0.478 e. The average molecular weight is 425 g/mol. The van der Waals surface area contributed by atoms with E-state index in [0.29, 0.717) is 25.5 Å². The Balaban J connectivity index is 1.86. The van der Waals surface area contributed by atoms with Gasteiger partial charge in [0.05, 0.1) is 18.2 Å². The van der Waals surface area contributed by atoms with Crippen LogP contribution in [0.2, 0.25) is 0 Å². The van der Waals surface area contributed by atoms with Crippen LogP contribution in [-0.4, -0.2) is 74.4 Å². The zero-order chi connectivity index (χ0) is 22.0. The zero-order valence-electron chi connectivity index (χ0n) is 18.9. The molecule has 2 aliphatic heterocycles. The maximum atomic E-state index is 13.1. The van der Waals surface area contributed by atoms with Gasteiger partial charge in [-0.25, -0.2) is 4.79 Å². The summed E-state index contributed by atoms with van der Waals surface area (Å²) in [5.74, 6) is 0.716. The molecule has 0 radical (unpaired) electrons. The van der Waals surface area contributed by atoms with Crippen LogP contribution in [-0.2, 0) is 20.7 Å². The summed E-state index contributed by atoms with van der Waals surface area (Å²) in [6.45, 7) is 4.13. The number of hydrogen-bond donors (Lipinski definition) is 1. The van der Waals surface area contributed by atoms with Crippen LogP contribution in [0, 0.1) is 0 Å². The van der Waals surface area contributed by atoms with E-state index in [0.717, 1.165) is 48.4 Å². The monoisotopic (exact) mass is 424 g/mol. The first-order valence-electron chi connectivity index (χ1n) is 11.0. The Kier molecular flexibility index (Phi) is 6.43. The fourth-order valence-electron chi connectivity index (χ4n) is 4.90. The number of nitrogens with zero attached hydrogens (tertiary/aromatic N) is 3. The van der Waals surface area contributed by atoms with Gasteiger partial charge in [0.25, 0.3) is 0 Å². The topological polar surface area (TPSA) is 66.9 Å². The third-order valence-corrected chi connectivity index (χ3v) is 6.25. The van der Waals surface area contributed by atoms with E-state index in [9.17, 15) is 4.79 Å². The molecule has 3 aliphatic rings. The first-order chi connectivity index (χ1) is 15.0. The van der Waals surface area contributed by atoms with E-state index in [-0.39, 0.29) is 12.0 Å². The molecule has 31 heavy (non-hydrogen) atoms. The number of rotatable bonds is 6. The fraction of sp³-hybridized carbons (Fsp3) is 0.500. The SMILES string of the molecule is CCOC(=O)C1=C(CNC)N(C)C2CCC(Cc3cccnc3)=C3OCN(C)CC3=C12. The average Bonchev–Trinajstić information content (AvgIpc) is 2.94. The van der Waals surface area contributed by atoms with Crippen LogP contribution in [0.25, 0.3) is 0 Å². The van der Waals surface area contributed by atoms with Crippen LogP contribution in [0.15, 0.2) is 58.3 Å². The number of ether oxygens (including phenoxy) is 2. The number of aromatic nitrogens is 1. The standard InChI is InChI=1S/C24H32N4O3/c1-5-30-24(29)22-20(13-25-2)28(4)19-9-8-17(11-16-7-6-10-26-12-16)23-18(21(19)22)14-27(3)15-31-23/h6-7,10,12,19,25H,5,8-9,11,13-15H2,1-4H3. The molecule has 0 aromatic carbocycles. The van der Waals surface area contributed by atoms with E-state index in [2.05, 4.69) is 33.2 Å². The number of pyridine rings is 1. The molecule has 7 nitrogen and oxygen atoms in total. The van der Waals surface area contributed by atoms with Crippen molar-refractivity contribution in [1.29, 1.82) is 0 Å². The summed E-state index contributed by atoms with van der Waals surface area (Å²) in [6.07, 6.45) is 6.37. The normalized spacial score (nSPS) is 21.7. The molecule has 1 N–H and O–H groups in total. The van der Waals surface area contributed by atoms with Crippen LogP contribution >= 0.6 is 0 Å². The lowest BCUT2D eigenvalue weighted by Crippen LogP contribution is -2.34. The Morgan fingerprint density at radius 3 is 2.94 bits per heavy atom. The second kappa shape index (κ2) is 9.24. The fourth-order valence-corrected chi connectivity index (χ4v) is 4.90. The van der Waals surface area contributed by atoms with Crippen molar-refractivity contribution in [2.75, 3.05) is 47.6 Å². The zero-order valence-corrected chi connectivity index (χ0v) is 18.9. The lowest BCUT2D eigenvalue weighted by Gasteiger charge is -2.31. The number of likely N-dealkylation sites (N-methyl/N-ethyl adjacent to an activating group) is 3. The Hall–Kier alpha value is -2.64. The number of allylic oxidation sites excluding steroid dienone is 1. The minimum absolute atomic E-state index is 0.134. The molecule has 166 valence electrons. The Morgan fingerprint density at radius 2 is 2.23 bits per heavy atom. The van der Waals surface area contributed by atoms with Crippen molar-refractivity contribution >= 4 is 5.97 Å². The van der Waals surface area contributed by atoms with E-state index in [1.165, 1.54) is 11.1 Å². The predicted octanol–water partition coefficient (Wildman–Crippen LogP) is 2.24. The molecule has 1 saturated heterocycles. The summed E-state index contributed by atoms with van der Waals surface area (Å²) in [5, 5.41) is 3.22. The molecule has 1 aliphatic carbocycles. The Bertz CT molecular complexity index is 935. The van der Waals surface area contributed by atoms with Crippen molar-refractivity contribution in [2.24, 2.45) is 0 Å². The molecule has 1 atom stereocenters. The summed E-state index contributed by atoms with van der Waals surface area (Å²) >= 11 is 0. The van der Waals surface area contributed by atoms with Crippen LogP contribution in [0.4, 0.5) is 0 Å². The first-order valence-corrected chi connectivity index (χ1v) is 11.0. The van der Waals surface area contributed by atoms with Gasteiger partial charge in [0.1, 0.15) is 12.5 Å². The highest BCUT2D eigenvalue weighted by atomic mass is 16.5. The van der Waals surface area contributed by atoms with Crippen molar-refractivity contribution in [3.05, 3.63) is 63.8 Å². The highest BCUT2D eigenvalue weighted by Gasteiger charge is 2.43. The van der Waals surface area contributed by atoms with Crippen LogP contribution in [0.5, 0.6) is 0 Å². The summed E-state index contributed by atoms with van der Waals surface area (Å²) in [6, 6.07) is 4.21. The third kappa shape index (κ3) is 4.12. The minimum atomic E-state index is -0.243. The van der Waals surface area contributed by atoms with Gasteiger partial charge in [-0.1, -0.05) is 6.07 Å². The Labute approximate surface area is 184 Å². The molecule has 1 aromatic rings. The highest BCUT2D eigenvalue weighted by molar-refractivity contribution is 5.96. The van der Waals surface area contributed by atoms with Gasteiger partial charge >= 0.3 is 5.97 Å². The van der Waals surface area contributed by atoms with Crippen molar-refractivity contribution in [1.82, 2.24) is 20.1 Å². The van der Waals surface area contributed by atoms with E-state index >= 15 is 0 Å². The third-order valence-electron chi connectivity index (χ3n) is 6.25. The lowest BCUT2D eigenvalue weighted by atomic mass is 9.93. The maximum absolute atomic E-state index is 13.1. The molecular formula is C24H32N4O3. The highest BCUT2D eigenvalue weighted by Crippen LogP contribution is 2.44. The molecule has 1 unspecified atom stereocenters. The van der Waals surface area contributed by atoms with Crippen molar-refractivity contribution in [2.45, 2.75) is 32.2 Å². The van der Waals surface area contributed by atoms with Gasteiger partial charge in [-0.2, -0.15) is 0 Å². The second-order valence-electron chi connectivity index (χ2n) is 8.39. The summed E-state index contributed by atoms with van der Waals surface area (Å²) in [7, 11) is 6.04. The number of carbonyl (C=O) groups is 1. The van der Waals surface area contributed by atoms with Gasteiger partial charge in [-0.05, 0) is 63.1 Å². The van der Waals surface area contributed by atoms with E-state index in [1.807, 2.05) is 33.3 Å². The lowest BCUT2D eigenvalue weighted by molar-refractivity contribution is -0.138. The van der Waals surface area contributed by atoms with Gasteiger partial charge in [0.2, 0.25) is 0 Å². The maximum Gasteiger partial charge on any atom is 0.340 e. The summed E-state index contributed by atoms with van der Waals surface area (Å²) in [5.41, 5.74) is 6.36. The largest absolute Gasteiger partial charge is 0.478 e. The second-order valence-corrected chi connectivity index (χ2v) is 8.39. The van der Waals surface area contributed by atoms with E-state index in [1.54, 1.807) is 6.20 Å². The molecule has 3 heterocycles. The molecule has 1 fully saturated rings. The Morgan fingerprint density at radius 1 is 1.39 bits per heavy atom. The molecular weight excluding hydrogens is 392 g/mol. The van der Waals surface area contributed by atoms with Gasteiger partial charge in [-0.15, -0.1) is 0 Å². The number of nitrogens with one attached hydrogen (secondary N) is 1. The summed E-state index contributed by atoms with van der Waals surface area (Å²) in [4.78, 5) is 21.8. The van der Waals surface area contributed by atoms with Crippen molar-refractivity contribution in [3.8, 4) is 0 Å². The number of carbonyl (C=O) groups excluding carboxylic acids is 1.